The topological polar surface area (TPSA) is 76.2 Å². The number of likely N-dealkylation sites (tertiary alicyclic amines) is 1. The maximum absolute atomic E-state index is 12.6. The average Bonchev–Trinajstić information content (AvgIpc) is 3.28. The molecule has 2 saturated heterocycles. The summed E-state index contributed by atoms with van der Waals surface area (Å²) in [6.07, 6.45) is 3.58. The number of amides is 3. The number of carbonyl (C=O) groups excluding carboxylic acids is 3. The van der Waals surface area contributed by atoms with Crippen LogP contribution >= 0.6 is 11.8 Å². The molecule has 144 valence electrons. The van der Waals surface area contributed by atoms with Crippen molar-refractivity contribution in [3.05, 3.63) is 28.2 Å². The molecule has 0 aliphatic carbocycles. The zero-order chi connectivity index (χ0) is 19.6. The van der Waals surface area contributed by atoms with Gasteiger partial charge in [-0.1, -0.05) is 0 Å². The van der Waals surface area contributed by atoms with Crippen LogP contribution in [0.2, 0.25) is 0 Å². The molecule has 0 radical (unpaired) electrons. The van der Waals surface area contributed by atoms with Gasteiger partial charge in [-0.2, -0.15) is 0 Å². The molecule has 0 atom stereocenters. The number of hydrogen-bond donors (Lipinski definition) is 0. The number of ether oxygens (including phenoxy) is 2. The monoisotopic (exact) mass is 390 g/mol. The fourth-order valence-electron chi connectivity index (χ4n) is 3.13. The minimum absolute atomic E-state index is 0.182. The van der Waals surface area contributed by atoms with Gasteiger partial charge >= 0.3 is 0 Å². The second-order valence-electron chi connectivity index (χ2n) is 6.42. The fraction of sp³-hybridized carbons (Fsp3) is 0.421. The van der Waals surface area contributed by atoms with Gasteiger partial charge in [0.2, 0.25) is 5.91 Å². The molecule has 0 saturated carbocycles. The average molecular weight is 390 g/mol. The van der Waals surface area contributed by atoms with Crippen molar-refractivity contribution in [1.29, 1.82) is 0 Å². The van der Waals surface area contributed by atoms with Crippen molar-refractivity contribution < 1.29 is 23.9 Å². The number of methoxy groups -OCH3 is 2. The quantitative estimate of drug-likeness (QED) is 0.720. The molecule has 3 rings (SSSR count). The first-order chi connectivity index (χ1) is 12.9. The smallest absolute Gasteiger partial charge is 0.294 e. The number of carbonyl (C=O) groups is 3. The summed E-state index contributed by atoms with van der Waals surface area (Å²) < 4.78 is 10.6. The maximum Gasteiger partial charge on any atom is 0.294 e. The number of aryl methyl sites for hydroxylation is 1. The first-order valence-corrected chi connectivity index (χ1v) is 9.52. The van der Waals surface area contributed by atoms with Crippen molar-refractivity contribution in [3.8, 4) is 11.5 Å². The van der Waals surface area contributed by atoms with E-state index in [0.29, 0.717) is 29.5 Å². The van der Waals surface area contributed by atoms with Crippen LogP contribution in [0.4, 0.5) is 4.79 Å². The number of rotatable bonds is 5. The van der Waals surface area contributed by atoms with Crippen LogP contribution in [-0.4, -0.2) is 60.7 Å². The van der Waals surface area contributed by atoms with E-state index in [1.54, 1.807) is 24.2 Å². The molecule has 1 aromatic rings. The van der Waals surface area contributed by atoms with Crippen molar-refractivity contribution in [2.24, 2.45) is 0 Å². The van der Waals surface area contributed by atoms with Gasteiger partial charge in [0, 0.05) is 13.1 Å². The molecule has 8 heteroatoms. The molecule has 0 bridgehead atoms. The minimum atomic E-state index is -0.438. The number of imide groups is 1. The summed E-state index contributed by atoms with van der Waals surface area (Å²) >= 11 is 0.849. The van der Waals surface area contributed by atoms with Crippen molar-refractivity contribution in [1.82, 2.24) is 9.80 Å². The van der Waals surface area contributed by atoms with Gasteiger partial charge in [-0.15, -0.1) is 0 Å². The maximum atomic E-state index is 12.6. The Morgan fingerprint density at radius 1 is 1.15 bits per heavy atom. The van der Waals surface area contributed by atoms with E-state index in [1.165, 1.54) is 7.11 Å². The van der Waals surface area contributed by atoms with E-state index in [1.807, 2.05) is 13.0 Å². The first-order valence-electron chi connectivity index (χ1n) is 8.70. The lowest BCUT2D eigenvalue weighted by Crippen LogP contribution is -2.40. The minimum Gasteiger partial charge on any atom is -0.493 e. The van der Waals surface area contributed by atoms with Crippen LogP contribution in [-0.2, 0) is 9.59 Å². The molecule has 0 spiro atoms. The Labute approximate surface area is 162 Å². The van der Waals surface area contributed by atoms with Crippen LogP contribution in [0.15, 0.2) is 17.0 Å². The van der Waals surface area contributed by atoms with Crippen molar-refractivity contribution >= 4 is 34.9 Å². The highest BCUT2D eigenvalue weighted by molar-refractivity contribution is 8.18. The molecule has 7 nitrogen and oxygen atoms in total. The second kappa shape index (κ2) is 8.04. The Morgan fingerprint density at radius 3 is 2.41 bits per heavy atom. The Morgan fingerprint density at radius 2 is 1.78 bits per heavy atom. The summed E-state index contributed by atoms with van der Waals surface area (Å²) in [5, 5.41) is -0.420. The van der Waals surface area contributed by atoms with Crippen LogP contribution in [0.1, 0.15) is 24.0 Å². The molecular weight excluding hydrogens is 368 g/mol. The Bertz CT molecular complexity index is 815. The van der Waals surface area contributed by atoms with E-state index in [2.05, 4.69) is 0 Å². The van der Waals surface area contributed by atoms with Crippen molar-refractivity contribution in [3.63, 3.8) is 0 Å². The lowest BCUT2D eigenvalue weighted by atomic mass is 10.1. The summed E-state index contributed by atoms with van der Waals surface area (Å²) in [4.78, 5) is 40.2. The number of benzene rings is 1. The Kier molecular flexibility index (Phi) is 5.74. The van der Waals surface area contributed by atoms with E-state index in [9.17, 15) is 14.4 Å². The third-order valence-corrected chi connectivity index (χ3v) is 5.59. The van der Waals surface area contributed by atoms with E-state index in [0.717, 1.165) is 40.6 Å². The molecule has 2 heterocycles. The second-order valence-corrected chi connectivity index (χ2v) is 7.41. The summed E-state index contributed by atoms with van der Waals surface area (Å²) in [5.41, 5.74) is 1.64. The van der Waals surface area contributed by atoms with Gasteiger partial charge in [-0.3, -0.25) is 19.3 Å². The highest BCUT2D eigenvalue weighted by Crippen LogP contribution is 2.36. The van der Waals surface area contributed by atoms with Gasteiger partial charge in [0.25, 0.3) is 11.1 Å². The highest BCUT2D eigenvalue weighted by Gasteiger charge is 2.37. The zero-order valence-corrected chi connectivity index (χ0v) is 16.4. The molecule has 2 fully saturated rings. The van der Waals surface area contributed by atoms with Gasteiger partial charge in [-0.05, 0) is 60.9 Å². The number of hydrogen-bond acceptors (Lipinski definition) is 6. The third-order valence-electron chi connectivity index (χ3n) is 4.68. The largest absolute Gasteiger partial charge is 0.493 e. The molecule has 0 unspecified atom stereocenters. The van der Waals surface area contributed by atoms with Crippen molar-refractivity contribution in [2.75, 3.05) is 33.9 Å². The number of thioether (sulfide) groups is 1. The highest BCUT2D eigenvalue weighted by atomic mass is 32.2. The predicted molar refractivity (Wildman–Crippen MR) is 103 cm³/mol. The van der Waals surface area contributed by atoms with Crippen LogP contribution in [0.25, 0.3) is 6.08 Å². The van der Waals surface area contributed by atoms with Gasteiger partial charge < -0.3 is 14.4 Å². The Balaban J connectivity index is 1.81. The molecule has 1 aromatic carbocycles. The fourth-order valence-corrected chi connectivity index (χ4v) is 3.96. The van der Waals surface area contributed by atoms with Gasteiger partial charge in [0.15, 0.2) is 11.5 Å². The van der Waals surface area contributed by atoms with E-state index in [4.69, 9.17) is 9.47 Å². The molecular formula is C19H22N2O5S. The standard InChI is InChI=1S/C19H22N2O5S/c1-12-8-14(25-2)15(26-3)9-13(12)10-16-18(23)21(19(24)27-16)11-17(22)20-6-4-5-7-20/h8-10H,4-7,11H2,1-3H3/b16-10+. The Hall–Kier alpha value is -2.48. The van der Waals surface area contributed by atoms with Crippen LogP contribution in [0, 0.1) is 6.92 Å². The SMILES string of the molecule is COc1cc(C)c(/C=C2/SC(=O)N(CC(=O)N3CCCC3)C2=O)cc1OC. The third kappa shape index (κ3) is 3.95. The van der Waals surface area contributed by atoms with E-state index < -0.39 is 11.1 Å². The van der Waals surface area contributed by atoms with E-state index >= 15 is 0 Å². The molecule has 2 aliphatic rings. The molecule has 3 amide bonds. The first kappa shape index (κ1) is 19.3. The summed E-state index contributed by atoms with van der Waals surface area (Å²) in [6, 6.07) is 3.57. The summed E-state index contributed by atoms with van der Waals surface area (Å²) in [5.74, 6) is 0.513. The molecule has 27 heavy (non-hydrogen) atoms. The van der Waals surface area contributed by atoms with Crippen LogP contribution < -0.4 is 9.47 Å². The summed E-state index contributed by atoms with van der Waals surface area (Å²) in [7, 11) is 3.09. The van der Waals surface area contributed by atoms with Gasteiger partial charge in [-0.25, -0.2) is 0 Å². The van der Waals surface area contributed by atoms with E-state index in [-0.39, 0.29) is 12.5 Å². The molecule has 2 aliphatic heterocycles. The number of nitrogens with zero attached hydrogens (tertiary/aromatic N) is 2. The predicted octanol–water partition coefficient (Wildman–Crippen LogP) is 2.67. The molecule has 0 aromatic heterocycles. The van der Waals surface area contributed by atoms with Crippen molar-refractivity contribution in [2.45, 2.75) is 19.8 Å². The van der Waals surface area contributed by atoms with Crippen LogP contribution in [0.5, 0.6) is 11.5 Å². The molecule has 0 N–H and O–H groups in total. The normalized spacial score (nSPS) is 18.6. The van der Waals surface area contributed by atoms with Gasteiger partial charge in [0.1, 0.15) is 6.54 Å². The lowest BCUT2D eigenvalue weighted by molar-refractivity contribution is -0.135. The zero-order valence-electron chi connectivity index (χ0n) is 15.6. The lowest BCUT2D eigenvalue weighted by Gasteiger charge is -2.18. The van der Waals surface area contributed by atoms with Crippen LogP contribution in [0.3, 0.4) is 0 Å². The van der Waals surface area contributed by atoms with Gasteiger partial charge in [0.05, 0.1) is 19.1 Å². The summed E-state index contributed by atoms with van der Waals surface area (Å²) in [6.45, 7) is 3.06.